The standard InChI is InChI=1S/C31H48O7/c1-16-19-10-13-30(6)26(29(19,5)12-11-21(16)33)22(34)14-20-25(23(37-17(2)32)15-31(20,30)7)18-8-9-24(35)28(3,4)38-27(18)36/h16,19-24,26,33-35H,8-15H2,1-7H3/b25-18-/t16-,19-,20-,21+,22+,23-,24?,26-,29-,30-,31-/m0/s1. The Morgan fingerprint density at radius 2 is 1.66 bits per heavy atom. The summed E-state index contributed by atoms with van der Waals surface area (Å²) in [5.41, 5.74) is -0.323. The van der Waals surface area contributed by atoms with Crippen LogP contribution in [-0.2, 0) is 19.1 Å². The monoisotopic (exact) mass is 532 g/mol. The summed E-state index contributed by atoms with van der Waals surface area (Å²) in [6.07, 6.45) is 3.21. The Morgan fingerprint density at radius 3 is 2.32 bits per heavy atom. The van der Waals surface area contributed by atoms with Gasteiger partial charge >= 0.3 is 11.9 Å². The van der Waals surface area contributed by atoms with E-state index in [1.54, 1.807) is 13.8 Å². The molecule has 0 aromatic carbocycles. The molecule has 4 aliphatic carbocycles. The van der Waals surface area contributed by atoms with E-state index in [4.69, 9.17) is 9.47 Å². The van der Waals surface area contributed by atoms with E-state index in [1.807, 2.05) is 0 Å². The van der Waals surface area contributed by atoms with E-state index in [1.165, 1.54) is 6.92 Å². The van der Waals surface area contributed by atoms with Crippen molar-refractivity contribution in [2.24, 2.45) is 39.9 Å². The predicted molar refractivity (Wildman–Crippen MR) is 142 cm³/mol. The second kappa shape index (κ2) is 9.04. The molecule has 11 atom stereocenters. The van der Waals surface area contributed by atoms with Crippen LogP contribution in [0.5, 0.6) is 0 Å². The van der Waals surface area contributed by atoms with Gasteiger partial charge in [-0.2, -0.15) is 0 Å². The number of cyclic esters (lactones) is 1. The molecular weight excluding hydrogens is 484 g/mol. The first-order chi connectivity index (χ1) is 17.6. The van der Waals surface area contributed by atoms with E-state index in [0.717, 1.165) is 31.3 Å². The highest BCUT2D eigenvalue weighted by Crippen LogP contribution is 2.74. The van der Waals surface area contributed by atoms with Crippen LogP contribution in [0.25, 0.3) is 0 Å². The van der Waals surface area contributed by atoms with E-state index in [9.17, 15) is 24.9 Å². The maximum atomic E-state index is 13.5. The van der Waals surface area contributed by atoms with Gasteiger partial charge in [-0.1, -0.05) is 27.7 Å². The summed E-state index contributed by atoms with van der Waals surface area (Å²) in [5, 5.41) is 33.3. The van der Waals surface area contributed by atoms with Crippen molar-refractivity contribution in [3.8, 4) is 0 Å². The maximum Gasteiger partial charge on any atom is 0.334 e. The Hall–Kier alpha value is -1.44. The summed E-state index contributed by atoms with van der Waals surface area (Å²) in [6.45, 7) is 14.0. The Balaban J connectivity index is 1.61. The number of aliphatic hydroxyl groups is 3. The molecule has 0 aromatic rings. The van der Waals surface area contributed by atoms with Gasteiger partial charge in [-0.15, -0.1) is 0 Å². The average molecular weight is 533 g/mol. The molecule has 0 amide bonds. The summed E-state index contributed by atoms with van der Waals surface area (Å²) in [5.74, 6) is -0.365. The van der Waals surface area contributed by atoms with Crippen molar-refractivity contribution in [1.82, 2.24) is 0 Å². The van der Waals surface area contributed by atoms with Crippen LogP contribution in [0.3, 0.4) is 0 Å². The predicted octanol–water partition coefficient (Wildman–Crippen LogP) is 4.31. The third-order valence-electron chi connectivity index (χ3n) is 12.4. The van der Waals surface area contributed by atoms with Crippen LogP contribution in [0.15, 0.2) is 11.1 Å². The number of fused-ring (bicyclic) bond motifs is 5. The second-order valence-corrected chi connectivity index (χ2v) is 14.6. The molecule has 5 aliphatic rings. The minimum atomic E-state index is -1.00. The Morgan fingerprint density at radius 1 is 0.974 bits per heavy atom. The minimum Gasteiger partial charge on any atom is -0.458 e. The Kier molecular flexibility index (Phi) is 6.68. The Labute approximate surface area is 227 Å². The van der Waals surface area contributed by atoms with Gasteiger partial charge in [0.2, 0.25) is 0 Å². The van der Waals surface area contributed by atoms with Crippen molar-refractivity contribution >= 4 is 11.9 Å². The first-order valence-corrected chi connectivity index (χ1v) is 14.7. The lowest BCUT2D eigenvalue weighted by Gasteiger charge is -2.69. The van der Waals surface area contributed by atoms with Crippen LogP contribution < -0.4 is 0 Å². The first-order valence-electron chi connectivity index (χ1n) is 14.7. The number of esters is 2. The molecule has 5 fully saturated rings. The van der Waals surface area contributed by atoms with Crippen LogP contribution >= 0.6 is 0 Å². The molecule has 214 valence electrons. The van der Waals surface area contributed by atoms with Crippen molar-refractivity contribution in [3.63, 3.8) is 0 Å². The third-order valence-corrected chi connectivity index (χ3v) is 12.4. The quantitative estimate of drug-likeness (QED) is 0.341. The second-order valence-electron chi connectivity index (χ2n) is 14.6. The molecule has 7 heteroatoms. The topological polar surface area (TPSA) is 113 Å². The molecule has 38 heavy (non-hydrogen) atoms. The number of ether oxygens (including phenoxy) is 2. The van der Waals surface area contributed by atoms with Crippen molar-refractivity contribution in [2.75, 3.05) is 0 Å². The zero-order chi connectivity index (χ0) is 28.0. The van der Waals surface area contributed by atoms with Gasteiger partial charge in [0.05, 0.1) is 18.3 Å². The van der Waals surface area contributed by atoms with Crippen molar-refractivity contribution in [3.05, 3.63) is 11.1 Å². The molecular formula is C31H48O7. The summed E-state index contributed by atoms with van der Waals surface area (Å²) < 4.78 is 11.7. The van der Waals surface area contributed by atoms with Gasteiger partial charge in [0.1, 0.15) is 11.7 Å². The van der Waals surface area contributed by atoms with Gasteiger partial charge in [0, 0.05) is 12.5 Å². The molecule has 1 unspecified atom stereocenters. The summed E-state index contributed by atoms with van der Waals surface area (Å²) in [7, 11) is 0. The lowest BCUT2D eigenvalue weighted by atomic mass is 9.36. The number of aliphatic hydroxyl groups excluding tert-OH is 3. The van der Waals surface area contributed by atoms with E-state index >= 15 is 0 Å². The summed E-state index contributed by atoms with van der Waals surface area (Å²) in [4.78, 5) is 25.8. The van der Waals surface area contributed by atoms with Gasteiger partial charge in [-0.3, -0.25) is 4.79 Å². The summed E-state index contributed by atoms with van der Waals surface area (Å²) in [6, 6.07) is 0. The number of rotatable bonds is 1. The van der Waals surface area contributed by atoms with Gasteiger partial charge < -0.3 is 24.8 Å². The molecule has 0 bridgehead atoms. The number of hydrogen-bond donors (Lipinski definition) is 3. The number of carbonyl (C=O) groups is 2. The van der Waals surface area contributed by atoms with Gasteiger partial charge in [0.15, 0.2) is 0 Å². The van der Waals surface area contributed by atoms with Crippen molar-refractivity contribution in [1.29, 1.82) is 0 Å². The number of carbonyl (C=O) groups excluding carboxylic acids is 2. The maximum absolute atomic E-state index is 13.5. The summed E-state index contributed by atoms with van der Waals surface area (Å²) >= 11 is 0. The molecule has 1 aliphatic heterocycles. The van der Waals surface area contributed by atoms with Crippen LogP contribution in [-0.4, -0.2) is 57.3 Å². The fourth-order valence-corrected chi connectivity index (χ4v) is 10.3. The molecule has 3 N–H and O–H groups in total. The van der Waals surface area contributed by atoms with Crippen molar-refractivity contribution in [2.45, 2.75) is 130 Å². The molecule has 4 saturated carbocycles. The highest BCUT2D eigenvalue weighted by molar-refractivity contribution is 5.90. The molecule has 1 heterocycles. The minimum absolute atomic E-state index is 0.0501. The Bertz CT molecular complexity index is 1030. The highest BCUT2D eigenvalue weighted by Gasteiger charge is 2.71. The molecule has 0 spiro atoms. The fourth-order valence-electron chi connectivity index (χ4n) is 10.3. The fraction of sp³-hybridized carbons (Fsp3) is 0.871. The first kappa shape index (κ1) is 28.1. The van der Waals surface area contributed by atoms with Crippen LogP contribution in [0.1, 0.15) is 99.8 Å². The van der Waals surface area contributed by atoms with Crippen molar-refractivity contribution < 1.29 is 34.4 Å². The normalized spacial score (nSPS) is 52.2. The smallest absolute Gasteiger partial charge is 0.334 e. The zero-order valence-electron chi connectivity index (χ0n) is 24.3. The molecule has 5 rings (SSSR count). The van der Waals surface area contributed by atoms with E-state index < -0.39 is 29.9 Å². The average Bonchev–Trinajstić information content (AvgIpc) is 3.02. The molecule has 7 nitrogen and oxygen atoms in total. The van der Waals surface area contributed by atoms with Gasteiger partial charge in [-0.25, -0.2) is 4.79 Å². The van der Waals surface area contributed by atoms with Gasteiger partial charge in [0.25, 0.3) is 0 Å². The lowest BCUT2D eigenvalue weighted by molar-refractivity contribution is -0.234. The largest absolute Gasteiger partial charge is 0.458 e. The SMILES string of the molecule is CC(=O)O[C@H]1C[C@@]2(C)[C@@H](C[C@@H](O)[C@H]3[C@@]4(C)CC[C@@H](O)[C@@H](C)[C@@H]4CC[C@@]32C)/C1=C1\CCC(O)C(C)(C)OC1=O. The lowest BCUT2D eigenvalue weighted by Crippen LogP contribution is -2.65. The molecule has 1 saturated heterocycles. The van der Waals surface area contributed by atoms with E-state index in [-0.39, 0.29) is 46.1 Å². The number of hydrogen-bond acceptors (Lipinski definition) is 7. The third kappa shape index (κ3) is 3.85. The van der Waals surface area contributed by atoms with E-state index in [2.05, 4.69) is 27.7 Å². The molecule has 0 aromatic heterocycles. The highest BCUT2D eigenvalue weighted by atomic mass is 16.6. The van der Waals surface area contributed by atoms with Crippen LogP contribution in [0.4, 0.5) is 0 Å². The van der Waals surface area contributed by atoms with Gasteiger partial charge in [-0.05, 0) is 111 Å². The zero-order valence-corrected chi connectivity index (χ0v) is 24.3. The van der Waals surface area contributed by atoms with E-state index in [0.29, 0.717) is 37.2 Å². The van der Waals surface area contributed by atoms with Crippen LogP contribution in [0.2, 0.25) is 0 Å². The molecule has 0 radical (unpaired) electrons. The van der Waals surface area contributed by atoms with Crippen LogP contribution in [0, 0.1) is 39.9 Å².